The summed E-state index contributed by atoms with van der Waals surface area (Å²) >= 11 is 0. The van der Waals surface area contributed by atoms with Crippen LogP contribution in [0.3, 0.4) is 0 Å². The van der Waals surface area contributed by atoms with Crippen LogP contribution in [0.4, 0.5) is 22.4 Å². The number of rotatable bonds is 2. The highest BCUT2D eigenvalue weighted by Gasteiger charge is 2.42. The van der Waals surface area contributed by atoms with Gasteiger partial charge in [-0.05, 0) is 20.8 Å². The Morgan fingerprint density at radius 2 is 1.77 bits per heavy atom. The molecule has 0 saturated heterocycles. The minimum atomic E-state index is -1.72. The van der Waals surface area contributed by atoms with Crippen molar-refractivity contribution in [2.75, 3.05) is 6.54 Å². The second-order valence-electron chi connectivity index (χ2n) is 6.73. The number of carbonyl (C=O) groups excluding carboxylic acids is 1. The molecular weight excluding hydrogens is 360 g/mol. The number of halogens is 4. The summed E-state index contributed by atoms with van der Waals surface area (Å²) in [6.45, 7) is 4.19. The Kier molecular flexibility index (Phi) is 5.24. The lowest BCUT2D eigenvalue weighted by molar-refractivity contribution is -0.525. The maximum Gasteiger partial charge on any atom is 0.414 e. The Morgan fingerprint density at radius 1 is 1.23 bits per heavy atom. The average molecular weight is 376 g/mol. The molecule has 0 aromatic heterocycles. The molecule has 142 valence electrons. The number of ether oxygens (including phenoxy) is 1. The van der Waals surface area contributed by atoms with Crippen LogP contribution in [0.2, 0.25) is 0 Å². The third-order valence-corrected chi connectivity index (χ3v) is 3.65. The van der Waals surface area contributed by atoms with E-state index in [1.165, 1.54) is 0 Å². The minimum Gasteiger partial charge on any atom is -0.443 e. The Balaban J connectivity index is 2.44. The first-order valence-corrected chi connectivity index (χ1v) is 7.56. The molecule has 0 radical (unpaired) electrons. The van der Waals surface area contributed by atoms with Gasteiger partial charge in [-0.25, -0.2) is 22.4 Å². The fourth-order valence-corrected chi connectivity index (χ4v) is 2.53. The molecule has 1 aromatic rings. The first-order valence-electron chi connectivity index (χ1n) is 7.56. The molecule has 2 rings (SSSR count). The summed E-state index contributed by atoms with van der Waals surface area (Å²) in [6.07, 6.45) is 1.09. The molecule has 0 aliphatic carbocycles. The largest absolute Gasteiger partial charge is 0.443 e. The quantitative estimate of drug-likeness (QED) is 0.341. The highest BCUT2D eigenvalue weighted by Crippen LogP contribution is 2.34. The van der Waals surface area contributed by atoms with Gasteiger partial charge in [0.2, 0.25) is 6.04 Å². The number of nitrogens with zero attached hydrogens (tertiary/aromatic N) is 2. The zero-order valence-electron chi connectivity index (χ0n) is 14.1. The van der Waals surface area contributed by atoms with E-state index in [1.54, 1.807) is 20.8 Å². The predicted octanol–water partition coefficient (Wildman–Crippen LogP) is 3.74. The zero-order valence-corrected chi connectivity index (χ0v) is 14.1. The lowest BCUT2D eigenvalue weighted by Gasteiger charge is -2.31. The van der Waals surface area contributed by atoms with Crippen LogP contribution >= 0.6 is 0 Å². The fourth-order valence-electron chi connectivity index (χ4n) is 2.53. The SMILES string of the molecule is CC(C)(C)OC(=O)N1C=C[C@@H](c2c(F)c(F)cc(F)c2F)[C@H]([N+](=O)[O-])C1. The number of carbonyl (C=O) groups is 1. The maximum atomic E-state index is 14.0. The Morgan fingerprint density at radius 3 is 2.23 bits per heavy atom. The van der Waals surface area contributed by atoms with Crippen LogP contribution in [0, 0.1) is 33.4 Å². The van der Waals surface area contributed by atoms with Crippen molar-refractivity contribution < 1.29 is 32.0 Å². The van der Waals surface area contributed by atoms with E-state index < -0.39 is 64.0 Å². The average Bonchev–Trinajstić information content (AvgIpc) is 2.51. The first-order chi connectivity index (χ1) is 11.9. The number of hydrogen-bond acceptors (Lipinski definition) is 4. The molecule has 6 nitrogen and oxygen atoms in total. The molecule has 0 fully saturated rings. The van der Waals surface area contributed by atoms with Gasteiger partial charge < -0.3 is 4.74 Å². The summed E-state index contributed by atoms with van der Waals surface area (Å²) in [5.74, 6) is -8.35. The standard InChI is InChI=1S/C16H16F4N2O4/c1-16(2,3)26-15(23)21-5-4-8(11(7-21)22(24)25)12-13(19)9(17)6-10(18)14(12)20/h4-6,8,11H,7H2,1-3H3/t8-,11-/m1/s1. The van der Waals surface area contributed by atoms with E-state index >= 15 is 0 Å². The highest BCUT2D eigenvalue weighted by atomic mass is 19.2. The summed E-state index contributed by atoms with van der Waals surface area (Å²) < 4.78 is 59.9. The van der Waals surface area contributed by atoms with Crippen molar-refractivity contribution in [1.29, 1.82) is 0 Å². The van der Waals surface area contributed by atoms with Crippen molar-refractivity contribution in [3.8, 4) is 0 Å². The van der Waals surface area contributed by atoms with E-state index in [-0.39, 0.29) is 6.07 Å². The van der Waals surface area contributed by atoms with Crippen LogP contribution in [0.25, 0.3) is 0 Å². The van der Waals surface area contributed by atoms with Crippen molar-refractivity contribution in [3.63, 3.8) is 0 Å². The molecule has 1 amide bonds. The molecule has 2 atom stereocenters. The summed E-state index contributed by atoms with van der Waals surface area (Å²) in [5.41, 5.74) is -1.96. The second-order valence-corrected chi connectivity index (χ2v) is 6.73. The van der Waals surface area contributed by atoms with Crippen LogP contribution in [0.5, 0.6) is 0 Å². The number of nitro groups is 1. The molecule has 0 saturated carbocycles. The van der Waals surface area contributed by atoms with Crippen molar-refractivity contribution in [3.05, 3.63) is 57.3 Å². The Labute approximate surface area is 146 Å². The summed E-state index contributed by atoms with van der Waals surface area (Å²) in [6, 6.07) is -1.70. The highest BCUT2D eigenvalue weighted by molar-refractivity contribution is 5.69. The van der Waals surface area contributed by atoms with Gasteiger partial charge >= 0.3 is 6.09 Å². The van der Waals surface area contributed by atoms with Gasteiger partial charge in [-0.15, -0.1) is 0 Å². The topological polar surface area (TPSA) is 72.7 Å². The Hall–Kier alpha value is -2.65. The summed E-state index contributed by atoms with van der Waals surface area (Å²) in [4.78, 5) is 23.4. The molecule has 1 aliphatic rings. The van der Waals surface area contributed by atoms with E-state index in [0.717, 1.165) is 17.2 Å². The maximum absolute atomic E-state index is 14.0. The molecule has 1 aliphatic heterocycles. The van der Waals surface area contributed by atoms with Crippen molar-refractivity contribution in [2.45, 2.75) is 38.3 Å². The fraction of sp³-hybridized carbons (Fsp3) is 0.438. The third kappa shape index (κ3) is 3.94. The van der Waals surface area contributed by atoms with Crippen LogP contribution in [-0.4, -0.2) is 34.1 Å². The van der Waals surface area contributed by atoms with Gasteiger partial charge in [-0.1, -0.05) is 6.08 Å². The predicted molar refractivity (Wildman–Crippen MR) is 81.9 cm³/mol. The van der Waals surface area contributed by atoms with Crippen LogP contribution < -0.4 is 0 Å². The first kappa shape index (κ1) is 19.7. The molecule has 0 unspecified atom stereocenters. The summed E-state index contributed by atoms with van der Waals surface area (Å²) in [5, 5.41) is 11.3. The van der Waals surface area contributed by atoms with Crippen molar-refractivity contribution in [2.24, 2.45) is 0 Å². The molecule has 0 bridgehead atoms. The van der Waals surface area contributed by atoms with Gasteiger partial charge in [-0.3, -0.25) is 15.0 Å². The van der Waals surface area contributed by atoms with E-state index in [1.807, 2.05) is 0 Å². The van der Waals surface area contributed by atoms with E-state index in [4.69, 9.17) is 4.74 Å². The molecule has 10 heteroatoms. The minimum absolute atomic E-state index is 0.0227. The summed E-state index contributed by atoms with van der Waals surface area (Å²) in [7, 11) is 0. The number of amides is 1. The molecule has 0 spiro atoms. The van der Waals surface area contributed by atoms with E-state index in [2.05, 4.69) is 0 Å². The normalized spacial score (nSPS) is 20.2. The third-order valence-electron chi connectivity index (χ3n) is 3.65. The lowest BCUT2D eigenvalue weighted by atomic mass is 9.88. The zero-order chi connectivity index (χ0) is 19.8. The van der Waals surface area contributed by atoms with Gasteiger partial charge in [0.25, 0.3) is 0 Å². The molecule has 1 aromatic carbocycles. The molecule has 0 N–H and O–H groups in total. The molecular formula is C16H16F4N2O4. The van der Waals surface area contributed by atoms with Gasteiger partial charge in [0, 0.05) is 22.8 Å². The van der Waals surface area contributed by atoms with Gasteiger partial charge in [0.15, 0.2) is 23.3 Å². The number of hydrogen-bond donors (Lipinski definition) is 0. The van der Waals surface area contributed by atoms with Gasteiger partial charge in [-0.2, -0.15) is 0 Å². The van der Waals surface area contributed by atoms with Crippen LogP contribution in [0.15, 0.2) is 18.3 Å². The molecule has 26 heavy (non-hydrogen) atoms. The van der Waals surface area contributed by atoms with Crippen molar-refractivity contribution in [1.82, 2.24) is 4.90 Å². The Bertz CT molecular complexity index is 750. The van der Waals surface area contributed by atoms with Crippen LogP contribution in [0.1, 0.15) is 32.3 Å². The van der Waals surface area contributed by atoms with Crippen molar-refractivity contribution >= 4 is 6.09 Å². The monoisotopic (exact) mass is 376 g/mol. The lowest BCUT2D eigenvalue weighted by Crippen LogP contribution is -2.45. The second kappa shape index (κ2) is 6.93. The number of benzene rings is 1. The smallest absolute Gasteiger partial charge is 0.414 e. The van der Waals surface area contributed by atoms with Gasteiger partial charge in [0.1, 0.15) is 5.60 Å². The van der Waals surface area contributed by atoms with Gasteiger partial charge in [0.05, 0.1) is 12.5 Å². The van der Waals surface area contributed by atoms with Crippen LogP contribution in [-0.2, 0) is 4.74 Å². The van der Waals surface area contributed by atoms with E-state index in [0.29, 0.717) is 0 Å². The van der Waals surface area contributed by atoms with E-state index in [9.17, 15) is 32.5 Å². The molecule has 1 heterocycles.